The maximum absolute atomic E-state index is 12.9. The molecule has 6 heteroatoms. The lowest BCUT2D eigenvalue weighted by Gasteiger charge is -2.29. The first-order valence-corrected chi connectivity index (χ1v) is 10.9. The Morgan fingerprint density at radius 1 is 1.28 bits per heavy atom. The van der Waals surface area contributed by atoms with Crippen LogP contribution in [0.15, 0.2) is 24.3 Å². The number of fused-ring (bicyclic) bond motifs is 3. The third kappa shape index (κ3) is 4.08. The van der Waals surface area contributed by atoms with Gasteiger partial charge in [0.25, 0.3) is 0 Å². The van der Waals surface area contributed by atoms with Crippen LogP contribution in [0.5, 0.6) is 11.5 Å². The molecule has 3 aliphatic rings. The molecule has 3 atom stereocenters. The van der Waals surface area contributed by atoms with Gasteiger partial charge in [0.2, 0.25) is 0 Å². The average molecular weight is 401 g/mol. The van der Waals surface area contributed by atoms with Crippen LogP contribution >= 0.6 is 0 Å². The van der Waals surface area contributed by atoms with Gasteiger partial charge in [-0.05, 0) is 31.4 Å². The van der Waals surface area contributed by atoms with E-state index in [0.29, 0.717) is 31.3 Å². The summed E-state index contributed by atoms with van der Waals surface area (Å²) >= 11 is 0. The van der Waals surface area contributed by atoms with Gasteiger partial charge >= 0.3 is 6.03 Å². The zero-order chi connectivity index (χ0) is 20.4. The molecule has 1 fully saturated rings. The minimum absolute atomic E-state index is 0.00837. The molecule has 158 valence electrons. The Hall–Kier alpha value is -2.21. The molecule has 2 N–H and O–H groups in total. The molecule has 0 aromatic heterocycles. The summed E-state index contributed by atoms with van der Waals surface area (Å²) in [5, 5.41) is 13.2. The molecule has 0 spiro atoms. The molecular weight excluding hydrogens is 368 g/mol. The molecule has 6 nitrogen and oxygen atoms in total. The standard InChI is InChI=1S/C23H32N2O4/c1-3-25(23(27)24-16-7-5-4-6-8-16)14-15-9-12-19(28-2)22-21(15)18-11-10-17(26)13-20(18)29-22/h9-12,16-18,20,26H,3-8,13-14H2,1-2H3,(H,24,27)/t17?,18?,20-/m0/s1. The maximum atomic E-state index is 12.9. The summed E-state index contributed by atoms with van der Waals surface area (Å²) in [7, 11) is 1.64. The highest BCUT2D eigenvalue weighted by Crippen LogP contribution is 2.49. The van der Waals surface area contributed by atoms with Gasteiger partial charge in [0, 0.05) is 37.0 Å². The molecule has 2 amide bonds. The van der Waals surface area contributed by atoms with Gasteiger partial charge in [0.15, 0.2) is 11.5 Å². The monoisotopic (exact) mass is 400 g/mol. The Morgan fingerprint density at radius 2 is 2.07 bits per heavy atom. The van der Waals surface area contributed by atoms with Crippen molar-refractivity contribution < 1.29 is 19.4 Å². The van der Waals surface area contributed by atoms with Crippen LogP contribution in [0.2, 0.25) is 0 Å². The zero-order valence-corrected chi connectivity index (χ0v) is 17.4. The van der Waals surface area contributed by atoms with Crippen molar-refractivity contribution in [2.24, 2.45) is 0 Å². The van der Waals surface area contributed by atoms with Crippen molar-refractivity contribution in [3.63, 3.8) is 0 Å². The van der Waals surface area contributed by atoms with E-state index in [1.807, 2.05) is 36.1 Å². The quantitative estimate of drug-likeness (QED) is 0.739. The number of carbonyl (C=O) groups excluding carboxylic acids is 1. The highest BCUT2D eigenvalue weighted by molar-refractivity contribution is 5.74. The van der Waals surface area contributed by atoms with E-state index >= 15 is 0 Å². The summed E-state index contributed by atoms with van der Waals surface area (Å²) in [6.45, 7) is 3.19. The van der Waals surface area contributed by atoms with Gasteiger partial charge in [-0.1, -0.05) is 37.5 Å². The predicted octanol–water partition coefficient (Wildman–Crippen LogP) is 3.72. The van der Waals surface area contributed by atoms with Crippen molar-refractivity contribution in [3.05, 3.63) is 35.4 Å². The number of nitrogens with zero attached hydrogens (tertiary/aromatic N) is 1. The van der Waals surface area contributed by atoms with Crippen LogP contribution < -0.4 is 14.8 Å². The Morgan fingerprint density at radius 3 is 2.79 bits per heavy atom. The lowest BCUT2D eigenvalue weighted by Crippen LogP contribution is -2.45. The van der Waals surface area contributed by atoms with Crippen molar-refractivity contribution in [3.8, 4) is 11.5 Å². The van der Waals surface area contributed by atoms with Gasteiger partial charge in [-0.25, -0.2) is 4.79 Å². The maximum Gasteiger partial charge on any atom is 0.317 e. The molecule has 2 unspecified atom stereocenters. The fourth-order valence-electron chi connectivity index (χ4n) is 4.84. The number of urea groups is 1. The smallest absolute Gasteiger partial charge is 0.317 e. The van der Waals surface area contributed by atoms with Crippen molar-refractivity contribution in [1.29, 1.82) is 0 Å². The number of rotatable bonds is 5. The molecule has 1 heterocycles. The molecule has 0 saturated heterocycles. The lowest BCUT2D eigenvalue weighted by molar-refractivity contribution is 0.117. The summed E-state index contributed by atoms with van der Waals surface area (Å²) in [6, 6.07) is 4.26. The summed E-state index contributed by atoms with van der Waals surface area (Å²) in [5.74, 6) is 1.54. The fraction of sp³-hybridized carbons (Fsp3) is 0.609. The Bertz CT molecular complexity index is 772. The van der Waals surface area contributed by atoms with E-state index in [2.05, 4.69) is 5.32 Å². The fourth-order valence-corrected chi connectivity index (χ4v) is 4.84. The Balaban J connectivity index is 1.56. The second-order valence-electron chi connectivity index (χ2n) is 8.34. The molecule has 0 radical (unpaired) electrons. The minimum atomic E-state index is -0.478. The zero-order valence-electron chi connectivity index (χ0n) is 17.4. The second kappa shape index (κ2) is 8.66. The predicted molar refractivity (Wildman–Crippen MR) is 111 cm³/mol. The lowest BCUT2D eigenvalue weighted by atomic mass is 9.85. The first-order chi connectivity index (χ1) is 14.1. The number of carbonyl (C=O) groups is 1. The van der Waals surface area contributed by atoms with Crippen LogP contribution in [0.25, 0.3) is 0 Å². The van der Waals surface area contributed by atoms with Crippen LogP contribution in [0.4, 0.5) is 4.79 Å². The number of nitrogens with one attached hydrogen (secondary N) is 1. The molecular formula is C23H32N2O4. The molecule has 2 aliphatic carbocycles. The third-order valence-corrected chi connectivity index (χ3v) is 6.45. The summed E-state index contributed by atoms with van der Waals surface area (Å²) in [5.41, 5.74) is 2.16. The molecule has 1 aromatic rings. The number of aliphatic hydroxyl groups excluding tert-OH is 1. The number of hydrogen-bond donors (Lipinski definition) is 2. The topological polar surface area (TPSA) is 71.0 Å². The third-order valence-electron chi connectivity index (χ3n) is 6.45. The highest BCUT2D eigenvalue weighted by Gasteiger charge is 2.40. The number of amides is 2. The average Bonchev–Trinajstić information content (AvgIpc) is 3.11. The van der Waals surface area contributed by atoms with E-state index < -0.39 is 6.10 Å². The van der Waals surface area contributed by atoms with E-state index in [9.17, 15) is 9.90 Å². The van der Waals surface area contributed by atoms with Crippen LogP contribution in [0.1, 0.15) is 62.5 Å². The van der Waals surface area contributed by atoms with Crippen molar-refractivity contribution in [2.45, 2.75) is 76.2 Å². The number of hydrogen-bond acceptors (Lipinski definition) is 4. The minimum Gasteiger partial charge on any atom is -0.493 e. The van der Waals surface area contributed by atoms with Gasteiger partial charge in [0.05, 0.1) is 13.2 Å². The van der Waals surface area contributed by atoms with Crippen LogP contribution in [0.3, 0.4) is 0 Å². The molecule has 1 aliphatic heterocycles. The molecule has 1 saturated carbocycles. The van der Waals surface area contributed by atoms with E-state index in [4.69, 9.17) is 9.47 Å². The summed E-state index contributed by atoms with van der Waals surface area (Å²) in [6.07, 6.45) is 9.69. The van der Waals surface area contributed by atoms with E-state index in [1.165, 1.54) is 19.3 Å². The highest BCUT2D eigenvalue weighted by atomic mass is 16.5. The van der Waals surface area contributed by atoms with Gasteiger partial charge in [-0.2, -0.15) is 0 Å². The van der Waals surface area contributed by atoms with E-state index in [0.717, 1.165) is 29.7 Å². The van der Waals surface area contributed by atoms with Gasteiger partial charge in [-0.15, -0.1) is 0 Å². The first kappa shape index (κ1) is 20.1. The Kier molecular flexibility index (Phi) is 5.99. The number of ether oxygens (including phenoxy) is 2. The first-order valence-electron chi connectivity index (χ1n) is 10.9. The Labute approximate surface area is 172 Å². The molecule has 4 rings (SSSR count). The van der Waals surface area contributed by atoms with Crippen LogP contribution in [-0.2, 0) is 6.54 Å². The second-order valence-corrected chi connectivity index (χ2v) is 8.34. The summed E-state index contributed by atoms with van der Waals surface area (Å²) < 4.78 is 11.7. The van der Waals surface area contributed by atoms with Crippen molar-refractivity contribution >= 4 is 6.03 Å². The molecule has 29 heavy (non-hydrogen) atoms. The van der Waals surface area contributed by atoms with Crippen LogP contribution in [-0.4, -0.2) is 47.9 Å². The number of aliphatic hydroxyl groups is 1. The van der Waals surface area contributed by atoms with Crippen molar-refractivity contribution in [2.75, 3.05) is 13.7 Å². The number of methoxy groups -OCH3 is 1. The summed E-state index contributed by atoms with van der Waals surface area (Å²) in [4.78, 5) is 14.8. The van der Waals surface area contributed by atoms with Gasteiger partial charge in [0.1, 0.15) is 6.10 Å². The van der Waals surface area contributed by atoms with E-state index in [-0.39, 0.29) is 18.1 Å². The molecule has 0 bridgehead atoms. The molecule has 1 aromatic carbocycles. The van der Waals surface area contributed by atoms with Gasteiger partial charge < -0.3 is 24.8 Å². The van der Waals surface area contributed by atoms with Crippen molar-refractivity contribution in [1.82, 2.24) is 10.2 Å². The van der Waals surface area contributed by atoms with Gasteiger partial charge in [-0.3, -0.25) is 0 Å². The largest absolute Gasteiger partial charge is 0.493 e. The normalized spacial score (nSPS) is 25.7. The van der Waals surface area contributed by atoms with Crippen LogP contribution in [0, 0.1) is 0 Å². The van der Waals surface area contributed by atoms with E-state index in [1.54, 1.807) is 7.11 Å². The SMILES string of the molecule is CCN(Cc1ccc(OC)c2c1C1C=CC(O)C[C@@H]1O2)C(=O)NC1CCCCC1. The number of benzene rings is 1.